The van der Waals surface area contributed by atoms with E-state index in [4.69, 9.17) is 0 Å². The van der Waals surface area contributed by atoms with E-state index in [-0.39, 0.29) is 4.38 Å². The summed E-state index contributed by atoms with van der Waals surface area (Å²) >= 11 is 8.77. The Balaban J connectivity index is 0. The molecule has 0 unspecified atom stereocenters. The van der Waals surface area contributed by atoms with Crippen molar-refractivity contribution in [3.63, 3.8) is 0 Å². The highest BCUT2D eigenvalue weighted by Gasteiger charge is 1.92. The van der Waals surface area contributed by atoms with E-state index >= 15 is 0 Å². The average molecular weight is 223 g/mol. The van der Waals surface area contributed by atoms with Crippen LogP contribution in [-0.2, 0) is 17.4 Å². The molecule has 4 heteroatoms. The van der Waals surface area contributed by atoms with Gasteiger partial charge in [-0.1, -0.05) is 0 Å². The van der Waals surface area contributed by atoms with Crippen molar-refractivity contribution in [1.82, 2.24) is 0 Å². The summed E-state index contributed by atoms with van der Waals surface area (Å²) in [7, 11) is 0. The van der Waals surface area contributed by atoms with E-state index in [0.717, 1.165) is 0 Å². The number of hydrogen-bond donors (Lipinski definition) is 1. The number of rotatable bonds is 4. The molecule has 0 amide bonds. The summed E-state index contributed by atoms with van der Waals surface area (Å²) in [6, 6.07) is 0. The van der Waals surface area contributed by atoms with Gasteiger partial charge in [0.25, 0.3) is 0 Å². The Morgan fingerprint density at radius 3 is 1.54 bits per heavy atom. The largest absolute Gasteiger partial charge is 0.514 e. The van der Waals surface area contributed by atoms with Gasteiger partial charge in [0.05, 0.1) is 26.2 Å². The van der Waals surface area contributed by atoms with Crippen LogP contribution in [0.2, 0.25) is 0 Å². The molecule has 1 N–H and O–H groups in total. The van der Waals surface area contributed by atoms with Gasteiger partial charge >= 0.3 is 0 Å². The minimum atomic E-state index is 0.206. The number of quaternary nitrogens is 1. The number of thiocarbonyl (C=S) groups is 1. The van der Waals surface area contributed by atoms with E-state index in [2.05, 4.69) is 50.4 Å². The van der Waals surface area contributed by atoms with Gasteiger partial charge in [-0.3, -0.25) is 0 Å². The van der Waals surface area contributed by atoms with E-state index in [0.29, 0.717) is 6.61 Å². The van der Waals surface area contributed by atoms with Crippen molar-refractivity contribution in [2.24, 2.45) is 0 Å². The maximum absolute atomic E-state index is 4.59. The van der Waals surface area contributed by atoms with Gasteiger partial charge in [0.2, 0.25) is 0 Å². The molecule has 0 spiro atoms. The molecule has 0 rings (SSSR count). The molecule has 0 saturated carbocycles. The summed E-state index contributed by atoms with van der Waals surface area (Å²) in [6.07, 6.45) is 0. The standard InChI is InChI=1S/C6H15N.C3H6OS2/c1-4-7(5-2)6-3;1-2-4-3(5)6/h4-6H2,1-3H3;2H2,1H3,(H,5,6). The first-order chi connectivity index (χ1) is 6.12. The second-order valence-electron chi connectivity index (χ2n) is 2.49. The van der Waals surface area contributed by atoms with Crippen molar-refractivity contribution in [1.29, 1.82) is 0 Å². The van der Waals surface area contributed by atoms with E-state index in [9.17, 15) is 0 Å². The Labute approximate surface area is 93.1 Å². The number of nitrogens with one attached hydrogen (secondary N) is 1. The Morgan fingerprint density at radius 2 is 1.54 bits per heavy atom. The van der Waals surface area contributed by atoms with Crippen molar-refractivity contribution in [2.75, 3.05) is 26.2 Å². The molecule has 0 heterocycles. The first-order valence-corrected chi connectivity index (χ1v) is 5.61. The van der Waals surface area contributed by atoms with Crippen LogP contribution in [0.4, 0.5) is 0 Å². The highest BCUT2D eigenvalue weighted by atomic mass is 32.1. The summed E-state index contributed by atoms with van der Waals surface area (Å²) in [4.78, 5) is 1.68. The van der Waals surface area contributed by atoms with Crippen LogP contribution in [0.25, 0.3) is 0 Å². The van der Waals surface area contributed by atoms with Crippen LogP contribution >= 0.6 is 12.2 Å². The Kier molecular flexibility index (Phi) is 14.4. The van der Waals surface area contributed by atoms with Crippen molar-refractivity contribution in [3.05, 3.63) is 0 Å². The van der Waals surface area contributed by atoms with Crippen LogP contribution in [-0.4, -0.2) is 30.6 Å². The van der Waals surface area contributed by atoms with E-state index in [1.165, 1.54) is 19.6 Å². The second kappa shape index (κ2) is 12.1. The van der Waals surface area contributed by atoms with Crippen molar-refractivity contribution in [3.8, 4) is 0 Å². The molecule has 0 aliphatic rings. The van der Waals surface area contributed by atoms with Crippen LogP contribution in [0.1, 0.15) is 27.7 Å². The zero-order valence-electron chi connectivity index (χ0n) is 9.05. The molecule has 0 aromatic rings. The molecule has 0 radical (unpaired) electrons. The van der Waals surface area contributed by atoms with Gasteiger partial charge < -0.3 is 34.5 Å². The summed E-state index contributed by atoms with van der Waals surface area (Å²) in [5.41, 5.74) is 0. The molecule has 2 nitrogen and oxygen atoms in total. The van der Waals surface area contributed by atoms with E-state index in [1.807, 2.05) is 6.92 Å². The fourth-order valence-corrected chi connectivity index (χ4v) is 1.10. The average Bonchev–Trinajstić information content (AvgIpc) is 2.08. The van der Waals surface area contributed by atoms with Crippen LogP contribution in [0, 0.1) is 0 Å². The van der Waals surface area contributed by atoms with Gasteiger partial charge in [-0.05, 0) is 27.7 Å². The summed E-state index contributed by atoms with van der Waals surface area (Å²) in [6.45, 7) is 12.9. The maximum Gasteiger partial charge on any atom is 0.0830 e. The third-order valence-electron chi connectivity index (χ3n) is 1.76. The molecular weight excluding hydrogens is 202 g/mol. The summed E-state index contributed by atoms with van der Waals surface area (Å²) in [5, 5.41) is 0. The van der Waals surface area contributed by atoms with Crippen LogP contribution in [0.5, 0.6) is 0 Å². The fraction of sp³-hybridized carbons (Fsp3) is 0.889. The first-order valence-electron chi connectivity index (χ1n) is 4.79. The lowest BCUT2D eigenvalue weighted by Crippen LogP contribution is -3.11. The molecule has 0 bridgehead atoms. The molecule has 0 fully saturated rings. The first kappa shape index (κ1) is 15.5. The topological polar surface area (TPSA) is 13.7 Å². The molecular formula is C9H21NOS2. The molecule has 80 valence electrons. The van der Waals surface area contributed by atoms with Crippen LogP contribution < -0.4 is 4.90 Å². The van der Waals surface area contributed by atoms with E-state index in [1.54, 1.807) is 4.90 Å². The van der Waals surface area contributed by atoms with Crippen molar-refractivity contribution in [2.45, 2.75) is 27.7 Å². The van der Waals surface area contributed by atoms with Crippen LogP contribution in [0.15, 0.2) is 0 Å². The summed E-state index contributed by atoms with van der Waals surface area (Å²) < 4.78 is 4.79. The zero-order chi connectivity index (χ0) is 10.7. The van der Waals surface area contributed by atoms with Gasteiger partial charge in [-0.25, -0.2) is 0 Å². The second-order valence-corrected chi connectivity index (χ2v) is 3.49. The van der Waals surface area contributed by atoms with Crippen LogP contribution in [0.3, 0.4) is 0 Å². The maximum atomic E-state index is 4.59. The molecule has 0 aromatic carbocycles. The minimum Gasteiger partial charge on any atom is -0.514 e. The quantitative estimate of drug-likeness (QED) is 0.560. The smallest absolute Gasteiger partial charge is 0.0830 e. The third-order valence-corrected chi connectivity index (χ3v) is 2.00. The van der Waals surface area contributed by atoms with Gasteiger partial charge in [-0.15, -0.1) is 0 Å². The Morgan fingerprint density at radius 1 is 1.15 bits per heavy atom. The Bertz CT molecular complexity index is 111. The van der Waals surface area contributed by atoms with Gasteiger partial charge in [0, 0.05) is 4.38 Å². The van der Waals surface area contributed by atoms with E-state index < -0.39 is 0 Å². The lowest BCUT2D eigenvalue weighted by atomic mass is 10.5. The molecule has 0 aromatic heterocycles. The summed E-state index contributed by atoms with van der Waals surface area (Å²) in [5.74, 6) is 0. The minimum absolute atomic E-state index is 0.206. The molecule has 0 aliphatic heterocycles. The molecule has 0 saturated heterocycles. The lowest BCUT2D eigenvalue weighted by molar-refractivity contribution is -0.894. The molecule has 0 atom stereocenters. The lowest BCUT2D eigenvalue weighted by Gasteiger charge is -2.10. The third kappa shape index (κ3) is 14.9. The predicted molar refractivity (Wildman–Crippen MR) is 64.2 cm³/mol. The molecule has 0 aliphatic carbocycles. The van der Waals surface area contributed by atoms with Gasteiger partial charge in [0.1, 0.15) is 0 Å². The van der Waals surface area contributed by atoms with Gasteiger partial charge in [-0.2, -0.15) is 0 Å². The monoisotopic (exact) mass is 223 g/mol. The van der Waals surface area contributed by atoms with Crippen molar-refractivity contribution >= 4 is 29.2 Å². The SMILES string of the molecule is CCOC(=S)[S-].CC[NH+](CC)CC. The highest BCUT2D eigenvalue weighted by molar-refractivity contribution is 7.99. The number of ether oxygens (including phenoxy) is 1. The fourth-order valence-electron chi connectivity index (χ4n) is 0.868. The highest BCUT2D eigenvalue weighted by Crippen LogP contribution is 1.73. The normalized spacial score (nSPS) is 9.00. The van der Waals surface area contributed by atoms with Gasteiger partial charge in [0.15, 0.2) is 0 Å². The zero-order valence-corrected chi connectivity index (χ0v) is 10.7. The van der Waals surface area contributed by atoms with Crippen molar-refractivity contribution < 1.29 is 9.64 Å². The number of hydrogen-bond acceptors (Lipinski definition) is 3. The predicted octanol–water partition coefficient (Wildman–Crippen LogP) is 0.786. The Hall–Kier alpha value is 0.0700. The molecule has 13 heavy (non-hydrogen) atoms.